The summed E-state index contributed by atoms with van der Waals surface area (Å²) in [4.78, 5) is 13.4. The fraction of sp³-hybridized carbons (Fsp3) is 0.500. The number of ether oxygens (including phenoxy) is 1. The van der Waals surface area contributed by atoms with E-state index in [9.17, 15) is 9.18 Å². The molecular weight excluding hydrogens is 363 g/mol. The Bertz CT molecular complexity index is 533. The lowest BCUT2D eigenvalue weighted by Gasteiger charge is -2.40. The highest BCUT2D eigenvalue weighted by Gasteiger charge is 2.34. The number of hydrogen-bond donors (Lipinski definition) is 1. The lowest BCUT2D eigenvalue weighted by molar-refractivity contribution is 0.0105. The molecule has 0 aromatic heterocycles. The zero-order valence-electron chi connectivity index (χ0n) is 12.0. The second kappa shape index (κ2) is 6.01. The molecule has 2 rings (SSSR count). The number of benzene rings is 1. The average Bonchev–Trinajstić information content (AvgIpc) is 2.21. The van der Waals surface area contributed by atoms with Gasteiger partial charge in [-0.25, -0.2) is 9.18 Å². The monoisotopic (exact) mass is 378 g/mol. The average molecular weight is 380 g/mol. The number of halogens is 3. The number of likely N-dealkylation sites (tertiary alicyclic amines) is 1. The first-order valence-electron chi connectivity index (χ1n) is 6.55. The minimum atomic E-state index is -0.501. The molecule has 116 valence electrons. The van der Waals surface area contributed by atoms with Crippen LogP contribution in [-0.4, -0.2) is 35.7 Å². The quantitative estimate of drug-likeness (QED) is 0.834. The van der Waals surface area contributed by atoms with E-state index in [0.717, 1.165) is 0 Å². The Morgan fingerprint density at radius 3 is 2.62 bits per heavy atom. The van der Waals surface area contributed by atoms with Crippen LogP contribution in [0.2, 0.25) is 5.02 Å². The second-order valence-electron chi connectivity index (χ2n) is 5.97. The Labute approximate surface area is 136 Å². The molecule has 21 heavy (non-hydrogen) atoms. The van der Waals surface area contributed by atoms with E-state index in [4.69, 9.17) is 16.3 Å². The van der Waals surface area contributed by atoms with Crippen molar-refractivity contribution in [3.8, 4) is 0 Å². The SMILES string of the molecule is CC(C)(C)OC(=O)N1CC(Nc2c(Cl)cc(F)cc2Br)C1. The Balaban J connectivity index is 1.90. The molecule has 7 heteroatoms. The van der Waals surface area contributed by atoms with E-state index in [1.807, 2.05) is 20.8 Å². The molecule has 1 amide bonds. The topological polar surface area (TPSA) is 41.6 Å². The summed E-state index contributed by atoms with van der Waals surface area (Å²) in [6.45, 7) is 6.53. The number of hydrogen-bond acceptors (Lipinski definition) is 3. The highest BCUT2D eigenvalue weighted by Crippen LogP contribution is 2.33. The number of carbonyl (C=O) groups excluding carboxylic acids is 1. The van der Waals surface area contributed by atoms with Crippen LogP contribution in [0.15, 0.2) is 16.6 Å². The van der Waals surface area contributed by atoms with Crippen molar-refractivity contribution in [3.63, 3.8) is 0 Å². The van der Waals surface area contributed by atoms with Gasteiger partial charge in [0.25, 0.3) is 0 Å². The lowest BCUT2D eigenvalue weighted by atomic mass is 10.1. The number of anilines is 1. The molecule has 1 aliphatic heterocycles. The first kappa shape index (κ1) is 16.4. The molecule has 0 aliphatic carbocycles. The summed E-state index contributed by atoms with van der Waals surface area (Å²) in [5.41, 5.74) is 0.130. The standard InChI is InChI=1S/C14H17BrClFN2O2/c1-14(2,3)21-13(20)19-6-9(7-19)18-12-10(15)4-8(17)5-11(12)16/h4-5,9,18H,6-7H2,1-3H3. The van der Waals surface area contributed by atoms with E-state index in [0.29, 0.717) is 28.3 Å². The minimum absolute atomic E-state index is 0.0665. The van der Waals surface area contributed by atoms with E-state index in [2.05, 4.69) is 21.2 Å². The van der Waals surface area contributed by atoms with Gasteiger partial charge in [0.15, 0.2) is 0 Å². The van der Waals surface area contributed by atoms with Crippen LogP contribution < -0.4 is 5.32 Å². The third-order valence-electron chi connectivity index (χ3n) is 2.89. The first-order chi connectivity index (χ1) is 9.65. The van der Waals surface area contributed by atoms with Crippen LogP contribution in [0.4, 0.5) is 14.9 Å². The van der Waals surface area contributed by atoms with Gasteiger partial charge in [-0.05, 0) is 48.8 Å². The molecule has 1 aliphatic rings. The molecule has 4 nitrogen and oxygen atoms in total. The number of nitrogens with zero attached hydrogens (tertiary/aromatic N) is 1. The highest BCUT2D eigenvalue weighted by atomic mass is 79.9. The minimum Gasteiger partial charge on any atom is -0.444 e. The maximum absolute atomic E-state index is 13.2. The summed E-state index contributed by atoms with van der Waals surface area (Å²) < 4.78 is 19.0. The van der Waals surface area contributed by atoms with E-state index >= 15 is 0 Å². The summed E-state index contributed by atoms with van der Waals surface area (Å²) in [6, 6.07) is 2.66. The summed E-state index contributed by atoms with van der Waals surface area (Å²) in [5.74, 6) is -0.401. The van der Waals surface area contributed by atoms with Crippen molar-refractivity contribution in [2.24, 2.45) is 0 Å². The molecule has 0 radical (unpaired) electrons. The summed E-state index contributed by atoms with van der Waals surface area (Å²) in [7, 11) is 0. The Kier molecular flexibility index (Phi) is 4.68. The van der Waals surface area contributed by atoms with Crippen molar-refractivity contribution in [1.29, 1.82) is 0 Å². The van der Waals surface area contributed by atoms with Gasteiger partial charge < -0.3 is 15.0 Å². The van der Waals surface area contributed by atoms with Gasteiger partial charge in [0.1, 0.15) is 11.4 Å². The van der Waals surface area contributed by atoms with Gasteiger partial charge in [-0.15, -0.1) is 0 Å². The molecular formula is C14H17BrClFN2O2. The predicted molar refractivity (Wildman–Crippen MR) is 84.3 cm³/mol. The van der Waals surface area contributed by atoms with Gasteiger partial charge in [-0.1, -0.05) is 11.6 Å². The number of nitrogens with one attached hydrogen (secondary N) is 1. The molecule has 1 aromatic rings. The molecule has 1 N–H and O–H groups in total. The second-order valence-corrected chi connectivity index (χ2v) is 7.23. The molecule has 0 saturated carbocycles. The molecule has 0 spiro atoms. The third kappa shape index (κ3) is 4.23. The Hall–Kier alpha value is -1.01. The number of amides is 1. The Morgan fingerprint density at radius 2 is 2.10 bits per heavy atom. The van der Waals surface area contributed by atoms with Crippen molar-refractivity contribution >= 4 is 39.3 Å². The van der Waals surface area contributed by atoms with Gasteiger partial charge in [0.05, 0.1) is 16.8 Å². The van der Waals surface area contributed by atoms with Crippen LogP contribution in [-0.2, 0) is 4.74 Å². The van der Waals surface area contributed by atoms with Gasteiger partial charge >= 0.3 is 6.09 Å². The zero-order chi connectivity index (χ0) is 15.8. The highest BCUT2D eigenvalue weighted by molar-refractivity contribution is 9.10. The van der Waals surface area contributed by atoms with Crippen LogP contribution in [0.1, 0.15) is 20.8 Å². The molecule has 1 saturated heterocycles. The van der Waals surface area contributed by atoms with Gasteiger partial charge in [-0.3, -0.25) is 0 Å². The smallest absolute Gasteiger partial charge is 0.410 e. The third-order valence-corrected chi connectivity index (χ3v) is 3.81. The van der Waals surface area contributed by atoms with Gasteiger partial charge in [-0.2, -0.15) is 0 Å². The van der Waals surface area contributed by atoms with Crippen molar-refractivity contribution in [2.75, 3.05) is 18.4 Å². The first-order valence-corrected chi connectivity index (χ1v) is 7.72. The van der Waals surface area contributed by atoms with Crippen LogP contribution in [0, 0.1) is 5.82 Å². The van der Waals surface area contributed by atoms with Crippen LogP contribution in [0.25, 0.3) is 0 Å². The lowest BCUT2D eigenvalue weighted by Crippen LogP contribution is -2.58. The molecule has 1 aromatic carbocycles. The maximum atomic E-state index is 13.2. The van der Waals surface area contributed by atoms with Crippen LogP contribution >= 0.6 is 27.5 Å². The largest absolute Gasteiger partial charge is 0.444 e. The van der Waals surface area contributed by atoms with Crippen LogP contribution in [0.3, 0.4) is 0 Å². The fourth-order valence-electron chi connectivity index (χ4n) is 1.93. The predicted octanol–water partition coefficient (Wildman–Crippen LogP) is 4.27. The Morgan fingerprint density at radius 1 is 1.48 bits per heavy atom. The normalized spacial score (nSPS) is 15.6. The van der Waals surface area contributed by atoms with Gasteiger partial charge in [0, 0.05) is 17.6 Å². The van der Waals surface area contributed by atoms with E-state index in [1.165, 1.54) is 12.1 Å². The molecule has 0 bridgehead atoms. The van der Waals surface area contributed by atoms with Crippen molar-refractivity contribution in [2.45, 2.75) is 32.4 Å². The molecule has 1 heterocycles. The summed E-state index contributed by atoms with van der Waals surface area (Å²) in [6.07, 6.45) is -0.329. The fourth-order valence-corrected chi connectivity index (χ4v) is 2.85. The number of rotatable bonds is 2. The van der Waals surface area contributed by atoms with Crippen molar-refractivity contribution in [1.82, 2.24) is 4.90 Å². The zero-order valence-corrected chi connectivity index (χ0v) is 14.4. The summed E-state index contributed by atoms with van der Waals surface area (Å²) >= 11 is 9.28. The van der Waals surface area contributed by atoms with E-state index in [-0.39, 0.29) is 12.1 Å². The summed E-state index contributed by atoms with van der Waals surface area (Å²) in [5, 5.41) is 3.50. The maximum Gasteiger partial charge on any atom is 0.410 e. The number of carbonyl (C=O) groups is 1. The van der Waals surface area contributed by atoms with E-state index < -0.39 is 11.4 Å². The van der Waals surface area contributed by atoms with E-state index in [1.54, 1.807) is 4.90 Å². The van der Waals surface area contributed by atoms with Crippen LogP contribution in [0.5, 0.6) is 0 Å². The van der Waals surface area contributed by atoms with Crippen molar-refractivity contribution in [3.05, 3.63) is 27.4 Å². The molecule has 0 atom stereocenters. The molecule has 1 fully saturated rings. The van der Waals surface area contributed by atoms with Crippen molar-refractivity contribution < 1.29 is 13.9 Å². The van der Waals surface area contributed by atoms with Gasteiger partial charge in [0.2, 0.25) is 0 Å². The molecule has 0 unspecified atom stereocenters.